The summed E-state index contributed by atoms with van der Waals surface area (Å²) in [5.74, 6) is -0.679. The molecule has 0 aromatic rings. The van der Waals surface area contributed by atoms with Gasteiger partial charge in [0.05, 0.1) is 17.5 Å². The van der Waals surface area contributed by atoms with Gasteiger partial charge in [-0.15, -0.1) is 23.4 Å². The van der Waals surface area contributed by atoms with Crippen LogP contribution in [-0.2, 0) is 28.1 Å². The van der Waals surface area contributed by atoms with E-state index in [1.807, 2.05) is 7.05 Å². The van der Waals surface area contributed by atoms with Crippen molar-refractivity contribution in [2.45, 2.75) is 100 Å². The Bertz CT molecular complexity index is 771. The second kappa shape index (κ2) is 11.2. The first-order chi connectivity index (χ1) is 15.8. The maximum atomic E-state index is 13.3. The van der Waals surface area contributed by atoms with Gasteiger partial charge in [-0.1, -0.05) is 13.3 Å². The number of thioether (sulfide) groups is 1. The van der Waals surface area contributed by atoms with Crippen LogP contribution in [0.25, 0.3) is 0 Å². The van der Waals surface area contributed by atoms with E-state index in [0.29, 0.717) is 5.92 Å². The van der Waals surface area contributed by atoms with E-state index in [9.17, 15) is 19.1 Å². The Hall–Kier alpha value is 0.0600. The van der Waals surface area contributed by atoms with Crippen LogP contribution in [0.4, 0.5) is 0 Å². The summed E-state index contributed by atoms with van der Waals surface area (Å²) in [7, 11) is -2.87. The molecule has 3 fully saturated rings. The predicted molar refractivity (Wildman–Crippen MR) is 130 cm³/mol. The molecule has 0 unspecified atom stereocenters. The van der Waals surface area contributed by atoms with Gasteiger partial charge in [0.1, 0.15) is 29.9 Å². The number of fused-ring (bicyclic) bond motifs is 1. The number of rotatable bonds is 9. The SMILES string of the molecule is CCC[C@@H]1C[C@@H](C(=O)N[C@@H]([C@H]2O[C@H](SC)[C@H](OP(=O)(O)O)[C@H]3OC(C)(C)O[C@H]32)[C@H](C)Cl)N(C)C1. The monoisotopic (exact) mass is 544 g/mol. The van der Waals surface area contributed by atoms with Gasteiger partial charge in [0.2, 0.25) is 5.91 Å². The minimum atomic E-state index is -4.82. The van der Waals surface area contributed by atoms with Gasteiger partial charge in [0.25, 0.3) is 0 Å². The lowest BCUT2D eigenvalue weighted by molar-refractivity contribution is -0.166. The van der Waals surface area contributed by atoms with Crippen molar-refractivity contribution in [2.24, 2.45) is 5.92 Å². The molecule has 198 valence electrons. The summed E-state index contributed by atoms with van der Waals surface area (Å²) in [6.07, 6.45) is 1.33. The molecule has 3 heterocycles. The average molecular weight is 545 g/mol. The van der Waals surface area contributed by atoms with E-state index in [1.165, 1.54) is 11.8 Å². The predicted octanol–water partition coefficient (Wildman–Crippen LogP) is 2.30. The number of hydrogen-bond donors (Lipinski definition) is 3. The fourth-order valence-corrected chi connectivity index (χ4v) is 6.84. The van der Waals surface area contributed by atoms with E-state index >= 15 is 0 Å². The Balaban J connectivity index is 1.83. The summed E-state index contributed by atoms with van der Waals surface area (Å²) < 4.78 is 35.1. The number of likely N-dealkylation sites (tertiary alicyclic amines) is 1. The van der Waals surface area contributed by atoms with E-state index in [1.54, 1.807) is 27.0 Å². The summed E-state index contributed by atoms with van der Waals surface area (Å²) in [4.78, 5) is 34.3. The number of likely N-dealkylation sites (N-methyl/N-ethyl adjacent to an activating group) is 1. The van der Waals surface area contributed by atoms with Crippen LogP contribution in [0.2, 0.25) is 0 Å². The Labute approximate surface area is 211 Å². The van der Waals surface area contributed by atoms with Gasteiger partial charge >= 0.3 is 7.82 Å². The Morgan fingerprint density at radius 3 is 2.56 bits per heavy atom. The van der Waals surface area contributed by atoms with Gasteiger partial charge in [-0.05, 0) is 52.8 Å². The van der Waals surface area contributed by atoms with Gasteiger partial charge in [-0.25, -0.2) is 4.57 Å². The van der Waals surface area contributed by atoms with Crippen molar-refractivity contribution in [3.63, 3.8) is 0 Å². The molecule has 3 saturated heterocycles. The van der Waals surface area contributed by atoms with Crippen LogP contribution in [0.15, 0.2) is 0 Å². The first-order valence-corrected chi connectivity index (χ1v) is 14.9. The fraction of sp³-hybridized carbons (Fsp3) is 0.952. The number of halogens is 1. The molecule has 34 heavy (non-hydrogen) atoms. The number of phosphoric acid groups is 1. The highest BCUT2D eigenvalue weighted by Crippen LogP contribution is 2.48. The smallest absolute Gasteiger partial charge is 0.356 e. The zero-order chi connectivity index (χ0) is 25.4. The lowest BCUT2D eigenvalue weighted by atomic mass is 9.92. The number of carbonyl (C=O) groups excluding carboxylic acids is 1. The second-order valence-electron chi connectivity index (χ2n) is 9.89. The third kappa shape index (κ3) is 6.68. The second-order valence-corrected chi connectivity index (χ2v) is 12.7. The first-order valence-electron chi connectivity index (χ1n) is 11.7. The Morgan fingerprint density at radius 1 is 1.35 bits per heavy atom. The number of amides is 1. The van der Waals surface area contributed by atoms with Gasteiger partial charge in [0, 0.05) is 6.54 Å². The average Bonchev–Trinajstić information content (AvgIpc) is 3.24. The molecule has 3 rings (SSSR count). The summed E-state index contributed by atoms with van der Waals surface area (Å²) in [5, 5.41) is 2.58. The van der Waals surface area contributed by atoms with Crippen molar-refractivity contribution in [3.8, 4) is 0 Å². The van der Waals surface area contributed by atoms with Crippen LogP contribution in [0.1, 0.15) is 47.0 Å². The minimum Gasteiger partial charge on any atom is -0.356 e. The minimum absolute atomic E-state index is 0.119. The topological polar surface area (TPSA) is 127 Å². The lowest BCUT2D eigenvalue weighted by Gasteiger charge is -2.44. The molecule has 0 saturated carbocycles. The first kappa shape index (κ1) is 28.6. The van der Waals surface area contributed by atoms with Crippen LogP contribution in [0.3, 0.4) is 0 Å². The molecule has 0 aromatic carbocycles. The van der Waals surface area contributed by atoms with Crippen molar-refractivity contribution in [1.82, 2.24) is 10.2 Å². The molecular formula is C21H38ClN2O8PS. The fourth-order valence-electron chi connectivity index (χ4n) is 5.28. The summed E-state index contributed by atoms with van der Waals surface area (Å²) >= 11 is 7.81. The van der Waals surface area contributed by atoms with E-state index in [2.05, 4.69) is 17.1 Å². The number of phosphoric ester groups is 1. The molecule has 9 atom stereocenters. The standard InChI is InChI=1S/C21H38ClN2O8PS/c1-7-8-12-9-13(24(5)10-12)19(25)23-14(11(2)22)15-16-17(31-21(3,4)30-16)18(20(29-15)34-6)32-33(26,27)28/h11-18,20H,7-10H2,1-6H3,(H,23,25)(H2,26,27,28)/t11-,12+,13-,14+,15+,16-,17-,18+,20+/m0/s1. The van der Waals surface area contributed by atoms with E-state index in [-0.39, 0.29) is 11.9 Å². The summed E-state index contributed by atoms with van der Waals surface area (Å²) in [6, 6.07) is -0.878. The zero-order valence-electron chi connectivity index (χ0n) is 20.5. The van der Waals surface area contributed by atoms with Crippen molar-refractivity contribution < 1.29 is 37.9 Å². The van der Waals surface area contributed by atoms with Gasteiger partial charge < -0.3 is 29.3 Å². The maximum Gasteiger partial charge on any atom is 0.470 e. The quantitative estimate of drug-likeness (QED) is 0.294. The molecule has 3 N–H and O–H groups in total. The number of hydrogen-bond acceptors (Lipinski definition) is 8. The molecule has 0 aliphatic carbocycles. The van der Waals surface area contributed by atoms with Gasteiger partial charge in [-0.3, -0.25) is 14.2 Å². The molecule has 10 nitrogen and oxygen atoms in total. The van der Waals surface area contributed by atoms with E-state index in [4.69, 9.17) is 30.3 Å². The molecule has 0 bridgehead atoms. The molecular weight excluding hydrogens is 507 g/mol. The molecule has 13 heteroatoms. The Kier molecular flexibility index (Phi) is 9.44. The number of alkyl halides is 1. The van der Waals surface area contributed by atoms with E-state index < -0.39 is 54.9 Å². The molecule has 3 aliphatic heterocycles. The van der Waals surface area contributed by atoms with Crippen LogP contribution in [-0.4, -0.2) is 93.5 Å². The molecule has 0 radical (unpaired) electrons. The highest BCUT2D eigenvalue weighted by Gasteiger charge is 2.59. The highest BCUT2D eigenvalue weighted by atomic mass is 35.5. The maximum absolute atomic E-state index is 13.3. The van der Waals surface area contributed by atoms with E-state index in [0.717, 1.165) is 25.8 Å². The van der Waals surface area contributed by atoms with Crippen LogP contribution in [0, 0.1) is 5.92 Å². The molecule has 0 spiro atoms. The Morgan fingerprint density at radius 2 is 2.00 bits per heavy atom. The van der Waals surface area contributed by atoms with Crippen molar-refractivity contribution in [2.75, 3.05) is 19.8 Å². The normalized spacial score (nSPS) is 37.9. The van der Waals surface area contributed by atoms with Gasteiger partial charge in [0.15, 0.2) is 5.79 Å². The zero-order valence-corrected chi connectivity index (χ0v) is 23.0. The number of ether oxygens (including phenoxy) is 3. The highest BCUT2D eigenvalue weighted by molar-refractivity contribution is 7.99. The number of carbonyl (C=O) groups is 1. The largest absolute Gasteiger partial charge is 0.470 e. The van der Waals surface area contributed by atoms with Crippen LogP contribution < -0.4 is 5.32 Å². The third-order valence-electron chi connectivity index (χ3n) is 6.65. The number of nitrogens with one attached hydrogen (secondary N) is 1. The molecule has 0 aromatic heterocycles. The summed E-state index contributed by atoms with van der Waals surface area (Å²) in [6.45, 7) is 8.22. The van der Waals surface area contributed by atoms with Crippen molar-refractivity contribution >= 4 is 37.1 Å². The van der Waals surface area contributed by atoms with Gasteiger partial charge in [-0.2, -0.15) is 0 Å². The molecule has 1 amide bonds. The number of nitrogens with zero attached hydrogens (tertiary/aromatic N) is 1. The third-order valence-corrected chi connectivity index (χ3v) is 8.29. The lowest BCUT2D eigenvalue weighted by Crippen LogP contribution is -2.64. The van der Waals surface area contributed by atoms with Crippen LogP contribution in [0.5, 0.6) is 0 Å². The van der Waals surface area contributed by atoms with Crippen molar-refractivity contribution in [1.29, 1.82) is 0 Å². The van der Waals surface area contributed by atoms with Crippen molar-refractivity contribution in [3.05, 3.63) is 0 Å². The molecule has 3 aliphatic rings. The van der Waals surface area contributed by atoms with Crippen LogP contribution >= 0.6 is 31.2 Å². The summed E-state index contributed by atoms with van der Waals surface area (Å²) in [5.41, 5.74) is -0.769.